The molecule has 2 rings (SSSR count). The van der Waals surface area contributed by atoms with Crippen molar-refractivity contribution in [3.05, 3.63) is 29.2 Å². The lowest BCUT2D eigenvalue weighted by atomic mass is 10.3. The zero-order chi connectivity index (χ0) is 13.0. The van der Waals surface area contributed by atoms with E-state index in [2.05, 4.69) is 5.32 Å². The van der Waals surface area contributed by atoms with E-state index < -0.39 is 10.0 Å². The monoisotopic (exact) mass is 286 g/mol. The van der Waals surface area contributed by atoms with Crippen LogP contribution in [0.4, 0.5) is 0 Å². The van der Waals surface area contributed by atoms with Gasteiger partial charge in [0, 0.05) is 19.6 Å². The Bertz CT molecular complexity index is 520. The molecule has 0 aromatic carbocycles. The van der Waals surface area contributed by atoms with E-state index in [0.717, 1.165) is 25.1 Å². The van der Waals surface area contributed by atoms with E-state index in [-0.39, 0.29) is 0 Å². The summed E-state index contributed by atoms with van der Waals surface area (Å²) >= 11 is 1.31. The molecule has 1 N–H and O–H groups in total. The molecule has 0 saturated carbocycles. The minimum absolute atomic E-state index is 0.450. The number of nitrogens with zero attached hydrogens (tertiary/aromatic N) is 1. The average molecular weight is 286 g/mol. The van der Waals surface area contributed by atoms with Crippen LogP contribution in [0.5, 0.6) is 0 Å². The topological polar surface area (TPSA) is 49.4 Å². The summed E-state index contributed by atoms with van der Waals surface area (Å²) in [5.74, 6) is 0. The van der Waals surface area contributed by atoms with Gasteiger partial charge in [0.2, 0.25) is 0 Å². The number of thiophene rings is 1. The lowest BCUT2D eigenvalue weighted by Crippen LogP contribution is -2.33. The highest BCUT2D eigenvalue weighted by atomic mass is 32.2. The highest BCUT2D eigenvalue weighted by molar-refractivity contribution is 7.91. The number of rotatable bonds is 5. The number of hydrogen-bond donors (Lipinski definition) is 1. The summed E-state index contributed by atoms with van der Waals surface area (Å²) in [6, 6.07) is 1.78. The van der Waals surface area contributed by atoms with Gasteiger partial charge in [0.1, 0.15) is 4.21 Å². The van der Waals surface area contributed by atoms with Crippen molar-refractivity contribution < 1.29 is 8.42 Å². The zero-order valence-corrected chi connectivity index (χ0v) is 12.1. The summed E-state index contributed by atoms with van der Waals surface area (Å²) in [5, 5.41) is 5.11. The van der Waals surface area contributed by atoms with Gasteiger partial charge in [-0.1, -0.05) is 19.1 Å². The fraction of sp³-hybridized carbons (Fsp3) is 0.500. The van der Waals surface area contributed by atoms with Crippen LogP contribution in [0.2, 0.25) is 0 Å². The second-order valence-corrected chi connectivity index (χ2v) is 7.25. The lowest BCUT2D eigenvalue weighted by molar-refractivity contribution is 0.439. The third-order valence-corrected chi connectivity index (χ3v) is 6.15. The normalized spacial score (nSPS) is 17.2. The van der Waals surface area contributed by atoms with Crippen LogP contribution in [0, 0.1) is 0 Å². The smallest absolute Gasteiger partial charge is 0.252 e. The number of nitrogens with one attached hydrogen (secondary N) is 1. The van der Waals surface area contributed by atoms with Crippen molar-refractivity contribution in [2.75, 3.05) is 19.6 Å². The van der Waals surface area contributed by atoms with Crippen molar-refractivity contribution in [3.63, 3.8) is 0 Å². The van der Waals surface area contributed by atoms with Crippen LogP contribution >= 0.6 is 11.3 Å². The van der Waals surface area contributed by atoms with Crippen LogP contribution < -0.4 is 5.32 Å². The Kier molecular flexibility index (Phi) is 4.55. The van der Waals surface area contributed by atoms with Crippen molar-refractivity contribution in [3.8, 4) is 0 Å². The van der Waals surface area contributed by atoms with Crippen LogP contribution in [0.15, 0.2) is 27.8 Å². The molecule has 1 aliphatic rings. The Morgan fingerprint density at radius 3 is 2.94 bits per heavy atom. The Labute approximate surface area is 112 Å². The van der Waals surface area contributed by atoms with E-state index in [1.807, 2.05) is 24.5 Å². The van der Waals surface area contributed by atoms with E-state index in [1.54, 1.807) is 6.07 Å². The molecule has 6 heteroatoms. The number of hydrogen-bond acceptors (Lipinski definition) is 4. The first-order valence-corrected chi connectivity index (χ1v) is 8.40. The van der Waals surface area contributed by atoms with E-state index in [9.17, 15) is 8.42 Å². The van der Waals surface area contributed by atoms with E-state index in [4.69, 9.17) is 0 Å². The summed E-state index contributed by atoms with van der Waals surface area (Å²) < 4.78 is 26.7. The molecule has 1 aromatic heterocycles. The molecule has 100 valence electrons. The highest BCUT2D eigenvalue weighted by Crippen LogP contribution is 2.25. The van der Waals surface area contributed by atoms with Crippen molar-refractivity contribution in [2.45, 2.75) is 24.1 Å². The van der Waals surface area contributed by atoms with Crippen LogP contribution in [-0.2, 0) is 16.6 Å². The molecule has 0 radical (unpaired) electrons. The minimum atomic E-state index is -3.29. The third-order valence-electron chi connectivity index (χ3n) is 2.82. The predicted molar refractivity (Wildman–Crippen MR) is 74.2 cm³/mol. The molecule has 0 atom stereocenters. The van der Waals surface area contributed by atoms with Crippen LogP contribution in [0.25, 0.3) is 0 Å². The van der Waals surface area contributed by atoms with Gasteiger partial charge in [0.25, 0.3) is 10.0 Å². The fourth-order valence-electron chi connectivity index (χ4n) is 1.82. The van der Waals surface area contributed by atoms with Gasteiger partial charge in [0.15, 0.2) is 0 Å². The largest absolute Gasteiger partial charge is 0.313 e. The lowest BCUT2D eigenvalue weighted by Gasteiger charge is -2.21. The van der Waals surface area contributed by atoms with Gasteiger partial charge in [0.05, 0.1) is 0 Å². The van der Waals surface area contributed by atoms with Gasteiger partial charge in [-0.05, 0) is 30.0 Å². The quantitative estimate of drug-likeness (QED) is 0.840. The van der Waals surface area contributed by atoms with Crippen LogP contribution in [0.3, 0.4) is 0 Å². The summed E-state index contributed by atoms with van der Waals surface area (Å²) in [5.41, 5.74) is 1.04. The van der Waals surface area contributed by atoms with Crippen molar-refractivity contribution in [1.82, 2.24) is 9.62 Å². The first-order chi connectivity index (χ1) is 8.64. The Hall–Kier alpha value is -0.690. The van der Waals surface area contributed by atoms with Crippen molar-refractivity contribution in [1.29, 1.82) is 0 Å². The fourth-order valence-corrected chi connectivity index (χ4v) is 4.58. The number of sulfonamides is 1. The maximum absolute atomic E-state index is 12.4. The maximum atomic E-state index is 12.4. The van der Waals surface area contributed by atoms with E-state index >= 15 is 0 Å². The van der Waals surface area contributed by atoms with Gasteiger partial charge < -0.3 is 5.32 Å². The van der Waals surface area contributed by atoms with Crippen LogP contribution in [-0.4, -0.2) is 32.4 Å². The van der Waals surface area contributed by atoms with Gasteiger partial charge in [-0.3, -0.25) is 0 Å². The second-order valence-electron chi connectivity index (χ2n) is 4.18. The molecular formula is C12H18N2O2S2. The third kappa shape index (κ3) is 3.00. The van der Waals surface area contributed by atoms with E-state index in [0.29, 0.717) is 17.3 Å². The first-order valence-electron chi connectivity index (χ1n) is 6.08. The van der Waals surface area contributed by atoms with Crippen molar-refractivity contribution in [2.24, 2.45) is 0 Å². The molecule has 0 fully saturated rings. The summed E-state index contributed by atoms with van der Waals surface area (Å²) in [6.45, 7) is 4.71. The SMILES string of the molecule is CCNCc1csc(S(=O)(=O)N2CC=CCC2)c1. The average Bonchev–Trinajstić information content (AvgIpc) is 2.87. The molecule has 0 amide bonds. The summed E-state index contributed by atoms with van der Waals surface area (Å²) in [6.07, 6.45) is 4.74. The molecule has 0 spiro atoms. The molecule has 0 bridgehead atoms. The Balaban J connectivity index is 2.14. The summed E-state index contributed by atoms with van der Waals surface area (Å²) in [7, 11) is -3.29. The highest BCUT2D eigenvalue weighted by Gasteiger charge is 2.25. The molecule has 4 nitrogen and oxygen atoms in total. The molecule has 0 saturated heterocycles. The molecule has 1 aliphatic heterocycles. The van der Waals surface area contributed by atoms with E-state index in [1.165, 1.54) is 15.6 Å². The standard InChI is InChI=1S/C12H18N2O2S2/c1-2-13-9-11-8-12(17-10-11)18(15,16)14-6-4-3-5-7-14/h3-4,8,10,13H,2,5-7,9H2,1H3. The maximum Gasteiger partial charge on any atom is 0.252 e. The van der Waals surface area contributed by atoms with Gasteiger partial charge >= 0.3 is 0 Å². The molecule has 0 aliphatic carbocycles. The molecular weight excluding hydrogens is 268 g/mol. The van der Waals surface area contributed by atoms with Gasteiger partial charge in [-0.25, -0.2) is 8.42 Å². The molecule has 0 unspecified atom stereocenters. The predicted octanol–water partition coefficient (Wildman–Crippen LogP) is 1.81. The Morgan fingerprint density at radius 1 is 1.44 bits per heavy atom. The van der Waals surface area contributed by atoms with Gasteiger partial charge in [-0.2, -0.15) is 4.31 Å². The van der Waals surface area contributed by atoms with Gasteiger partial charge in [-0.15, -0.1) is 11.3 Å². The second kappa shape index (κ2) is 5.97. The molecule has 18 heavy (non-hydrogen) atoms. The Morgan fingerprint density at radius 2 is 2.28 bits per heavy atom. The van der Waals surface area contributed by atoms with Crippen molar-refractivity contribution >= 4 is 21.4 Å². The minimum Gasteiger partial charge on any atom is -0.313 e. The van der Waals surface area contributed by atoms with Crippen LogP contribution in [0.1, 0.15) is 18.9 Å². The molecule has 1 aromatic rings. The zero-order valence-electron chi connectivity index (χ0n) is 10.4. The first kappa shape index (κ1) is 13.7. The summed E-state index contributed by atoms with van der Waals surface area (Å²) in [4.78, 5) is 0. The molecule has 2 heterocycles.